The van der Waals surface area contributed by atoms with Gasteiger partial charge in [0.1, 0.15) is 68.5 Å². The molecule has 1 fully saturated rings. The van der Waals surface area contributed by atoms with Gasteiger partial charge in [-0.25, -0.2) is 14.4 Å². The van der Waals surface area contributed by atoms with Gasteiger partial charge in [-0.05, 0) is 417 Å². The molecule has 0 radical (unpaired) electrons. The summed E-state index contributed by atoms with van der Waals surface area (Å²) in [5, 5.41) is 47.8. The Morgan fingerprint density at radius 1 is 0.281 bits per heavy atom. The first kappa shape index (κ1) is 107. The van der Waals surface area contributed by atoms with Crippen molar-refractivity contribution in [1.29, 1.82) is 0 Å². The van der Waals surface area contributed by atoms with E-state index in [1.807, 2.05) is 152 Å². The highest BCUT2D eigenvalue weighted by molar-refractivity contribution is 5.87. The molecule has 17 rings (SSSR count). The number of ether oxygens (including phenoxy) is 10. The quantitative estimate of drug-likeness (QED) is 0.0154. The number of rotatable bonds is 23. The summed E-state index contributed by atoms with van der Waals surface area (Å²) in [5.74, 6) is 3.96. The predicted octanol–water partition coefficient (Wildman–Crippen LogP) is 32.7. The van der Waals surface area contributed by atoms with E-state index in [0.29, 0.717) is 53.0 Å². The lowest BCUT2D eigenvalue weighted by atomic mass is 9.70. The molecular formula is C129H136O17. The van der Waals surface area contributed by atoms with Crippen molar-refractivity contribution >= 4 is 50.8 Å². The minimum Gasteiger partial charge on any atom is -0.508 e. The highest BCUT2D eigenvalue weighted by Gasteiger charge is 2.37. The van der Waals surface area contributed by atoms with Gasteiger partial charge in [-0.1, -0.05) is 238 Å². The Morgan fingerprint density at radius 2 is 0.527 bits per heavy atom. The van der Waals surface area contributed by atoms with Gasteiger partial charge < -0.3 is 67.8 Å². The second-order valence-corrected chi connectivity index (χ2v) is 41.3. The van der Waals surface area contributed by atoms with Gasteiger partial charge in [0, 0.05) is 22.9 Å². The fourth-order valence-corrected chi connectivity index (χ4v) is 18.6. The maximum Gasteiger partial charge on any atom is 0.514 e. The molecule has 146 heavy (non-hydrogen) atoms. The smallest absolute Gasteiger partial charge is 0.508 e. The van der Waals surface area contributed by atoms with Crippen molar-refractivity contribution in [3.63, 3.8) is 0 Å². The van der Waals surface area contributed by atoms with Crippen LogP contribution in [-0.2, 0) is 39.9 Å². The van der Waals surface area contributed by atoms with E-state index in [0.717, 1.165) is 119 Å². The molecule has 1 aliphatic rings. The van der Waals surface area contributed by atoms with Gasteiger partial charge in [-0.2, -0.15) is 0 Å². The Kier molecular flexibility index (Phi) is 33.5. The van der Waals surface area contributed by atoms with Crippen LogP contribution in [0.2, 0.25) is 0 Å². The van der Waals surface area contributed by atoms with Crippen molar-refractivity contribution in [2.24, 2.45) is 0 Å². The number of phenolic OH excluding ortho intramolecular Hbond substituents is 4. The second kappa shape index (κ2) is 45.8. The number of fused-ring (bicyclic) bond motifs is 3. The first-order valence-electron chi connectivity index (χ1n) is 50.1. The summed E-state index contributed by atoms with van der Waals surface area (Å²) in [5.41, 5.74) is 18.0. The molecule has 1 saturated carbocycles. The number of hydrogen-bond acceptors (Lipinski definition) is 17. The average molecular weight is 1960 g/mol. The van der Waals surface area contributed by atoms with E-state index in [4.69, 9.17) is 47.4 Å². The van der Waals surface area contributed by atoms with Gasteiger partial charge in [0.25, 0.3) is 0 Å². The molecule has 0 amide bonds. The number of benzene rings is 16. The average Bonchev–Trinajstić information content (AvgIpc) is 0.753. The van der Waals surface area contributed by atoms with Gasteiger partial charge in [-0.15, -0.1) is 0 Å². The summed E-state index contributed by atoms with van der Waals surface area (Å²) in [4.78, 5) is 36.5. The zero-order chi connectivity index (χ0) is 105. The molecule has 17 heteroatoms. The molecule has 0 heterocycles. The third kappa shape index (κ3) is 26.7. The van der Waals surface area contributed by atoms with E-state index in [2.05, 4.69) is 198 Å². The normalized spacial score (nSPS) is 13.5. The highest BCUT2D eigenvalue weighted by atomic mass is 16.7. The summed E-state index contributed by atoms with van der Waals surface area (Å²) in [7, 11) is 0. The van der Waals surface area contributed by atoms with E-state index in [-0.39, 0.29) is 12.6 Å². The van der Waals surface area contributed by atoms with Crippen LogP contribution in [0.1, 0.15) is 219 Å². The Hall–Kier alpha value is -15.2. The second-order valence-electron chi connectivity index (χ2n) is 41.3. The van der Waals surface area contributed by atoms with Crippen LogP contribution in [0.3, 0.4) is 0 Å². The standard InChI is InChI=1S/C39H42O9.C34H38O3.C30H32O3.C26H24O2/c1-37(2,3)46-34(40)43-31-16-10-25(11-17-31)28-22-29(26-12-18-32(19-13-26)44-35(41)47-38(4,5)6)24-30(23-28)27-14-20-33(21-15-27)45-36(42)48-39(7,8)9;1-23-20-28(16-18-32(23)35)34(4,30-15-14-26-10-8-9-11-27(26)22-30)29-17-19-33(24(2)21-29)37-25(3)36-31-12-6-5-7-13-31;1-6-32-22(4)33-29-16-14-26(18-21(29)3)30(5,25-13-15-28(31)20(2)17-25)27-12-11-23-9-7-8-10-24(23)19-27;1-17-14-21(10-12-24(17)27)26(3,22-11-13-25(28)18(2)15-22)23-9-8-19-6-4-5-7-20(19)16-23/h10-24H,1-9H3;8-11,14-22,25,31,35H,5-7,12-13H2,1-4H3;7-19,22,31H,6H2,1-5H3;4-16,27-28H,1-3H3. The van der Waals surface area contributed by atoms with Crippen LogP contribution in [0.25, 0.3) is 65.7 Å². The number of phenols is 4. The van der Waals surface area contributed by atoms with Gasteiger partial charge in [-0.3, -0.25) is 0 Å². The molecular weight excluding hydrogens is 1820 g/mol. The van der Waals surface area contributed by atoms with Gasteiger partial charge in [0.15, 0.2) is 12.6 Å². The molecule has 1 aliphatic carbocycles. The van der Waals surface area contributed by atoms with Gasteiger partial charge in [0.2, 0.25) is 0 Å². The van der Waals surface area contributed by atoms with Crippen molar-refractivity contribution in [1.82, 2.24) is 0 Å². The SMILES string of the molecule is CC(C)(C)OC(=O)Oc1ccc(-c2cc(-c3ccc(OC(=O)OC(C)(C)C)cc3)cc(-c3ccc(OC(=O)OC(C)(C)C)cc3)c2)cc1.CCOC(C)Oc1ccc(C(C)(c2ccc(O)c(C)c2)c2ccc3ccccc3c2)cc1C.Cc1cc(C(C)(c2ccc(O)c(C)c2)c2ccc3ccccc3c2)ccc1O.Cc1cc(C(C)(c2ccc(OC(C)OC3CCCCC3)c(C)c2)c2ccc3ccccc3c2)ccc1O. The predicted molar refractivity (Wildman–Crippen MR) is 585 cm³/mol. The number of hydrogen-bond donors (Lipinski definition) is 4. The van der Waals surface area contributed by atoms with E-state index in [1.54, 1.807) is 123 Å². The molecule has 17 nitrogen and oxygen atoms in total. The molecule has 0 aliphatic heterocycles. The Balaban J connectivity index is 0.000000157. The van der Waals surface area contributed by atoms with Crippen molar-refractivity contribution in [3.05, 3.63) is 411 Å². The van der Waals surface area contributed by atoms with Crippen LogP contribution in [0.15, 0.2) is 328 Å². The van der Waals surface area contributed by atoms with Gasteiger partial charge in [0.05, 0.1) is 6.10 Å². The molecule has 754 valence electrons. The minimum atomic E-state index is -0.780. The number of aryl methyl sites for hydroxylation is 6. The van der Waals surface area contributed by atoms with Crippen LogP contribution >= 0.6 is 0 Å². The van der Waals surface area contributed by atoms with Crippen LogP contribution in [0, 0.1) is 41.5 Å². The fourth-order valence-electron chi connectivity index (χ4n) is 18.6. The molecule has 0 aromatic heterocycles. The first-order chi connectivity index (χ1) is 69.4. The largest absolute Gasteiger partial charge is 0.514 e. The maximum absolute atomic E-state index is 12.2. The lowest BCUT2D eigenvalue weighted by Gasteiger charge is -2.33. The third-order valence-electron chi connectivity index (χ3n) is 26.8. The highest BCUT2D eigenvalue weighted by Crippen LogP contribution is 2.48. The molecule has 4 atom stereocenters. The molecule has 0 saturated heterocycles. The molecule has 0 bridgehead atoms. The molecule has 4 N–H and O–H groups in total. The number of aromatic hydroxyl groups is 4. The molecule has 0 spiro atoms. The lowest BCUT2D eigenvalue weighted by molar-refractivity contribution is -0.117. The number of carbonyl (C=O) groups is 3. The Morgan fingerprint density at radius 3 is 0.788 bits per heavy atom. The Bertz CT molecular complexity index is 7020. The third-order valence-corrected chi connectivity index (χ3v) is 26.8. The van der Waals surface area contributed by atoms with E-state index in [9.17, 15) is 34.8 Å². The first-order valence-corrected chi connectivity index (χ1v) is 50.1. The minimum absolute atomic E-state index is 0.278. The monoisotopic (exact) mass is 1960 g/mol. The van der Waals surface area contributed by atoms with Crippen molar-refractivity contribution in [2.45, 2.75) is 229 Å². The Labute approximate surface area is 859 Å². The number of carbonyl (C=O) groups excluding carboxylic acids is 3. The molecule has 4 unspecified atom stereocenters. The summed E-state index contributed by atoms with van der Waals surface area (Å²) in [6.07, 6.45) is 3.44. The van der Waals surface area contributed by atoms with E-state index >= 15 is 0 Å². The van der Waals surface area contributed by atoms with Crippen molar-refractivity contribution in [3.8, 4) is 85.1 Å². The summed E-state index contributed by atoms with van der Waals surface area (Å²) in [6.45, 7) is 41.0. The fraction of sp³-hybridized carbons (Fsp3) is 0.279. The summed E-state index contributed by atoms with van der Waals surface area (Å²) in [6, 6.07) is 109. The van der Waals surface area contributed by atoms with Crippen LogP contribution < -0.4 is 23.7 Å². The summed E-state index contributed by atoms with van der Waals surface area (Å²) >= 11 is 0. The maximum atomic E-state index is 12.2. The zero-order valence-electron chi connectivity index (χ0n) is 87.7. The van der Waals surface area contributed by atoms with Crippen molar-refractivity contribution in [2.75, 3.05) is 6.61 Å². The molecule has 16 aromatic rings. The topological polar surface area (TPSA) is 224 Å². The van der Waals surface area contributed by atoms with Gasteiger partial charge >= 0.3 is 18.5 Å². The zero-order valence-corrected chi connectivity index (χ0v) is 87.7. The molecule has 16 aromatic carbocycles. The van der Waals surface area contributed by atoms with Crippen molar-refractivity contribution < 1.29 is 82.2 Å². The van der Waals surface area contributed by atoms with Crippen LogP contribution in [-0.4, -0.2) is 81.0 Å². The van der Waals surface area contributed by atoms with E-state index in [1.165, 1.54) is 73.8 Å². The summed E-state index contributed by atoms with van der Waals surface area (Å²) < 4.78 is 55.8. The van der Waals surface area contributed by atoms with Crippen LogP contribution in [0.5, 0.6) is 51.7 Å². The van der Waals surface area contributed by atoms with Crippen LogP contribution in [0.4, 0.5) is 14.4 Å². The lowest BCUT2D eigenvalue weighted by Crippen LogP contribution is -2.27. The van der Waals surface area contributed by atoms with E-state index < -0.39 is 51.5 Å².